The Kier molecular flexibility index (Phi) is 6.80. The minimum absolute atomic E-state index is 0.240. The van der Waals surface area contributed by atoms with E-state index in [9.17, 15) is 27.2 Å². The molecule has 29 heavy (non-hydrogen) atoms. The average molecular weight is 417 g/mol. The minimum Gasteiger partial charge on any atom is -0.369 e. The van der Waals surface area contributed by atoms with Crippen molar-refractivity contribution in [2.45, 2.75) is 58.3 Å². The van der Waals surface area contributed by atoms with Crippen LogP contribution in [0.4, 0.5) is 23.2 Å². The maximum absolute atomic E-state index is 13.9. The van der Waals surface area contributed by atoms with Crippen molar-refractivity contribution in [2.75, 3.05) is 18.0 Å². The van der Waals surface area contributed by atoms with Crippen LogP contribution in [0.3, 0.4) is 0 Å². The fourth-order valence-corrected chi connectivity index (χ4v) is 3.14. The monoisotopic (exact) mass is 417 g/mol. The minimum atomic E-state index is -4.74. The van der Waals surface area contributed by atoms with Gasteiger partial charge in [-0.25, -0.2) is 4.39 Å². The number of alkyl halides is 3. The van der Waals surface area contributed by atoms with Gasteiger partial charge < -0.3 is 15.5 Å². The highest BCUT2D eigenvalue weighted by molar-refractivity contribution is 5.91. The Balaban J connectivity index is 2.05. The first-order chi connectivity index (χ1) is 13.3. The molecule has 0 spiro atoms. The lowest BCUT2D eigenvalue weighted by Gasteiger charge is -2.36. The molecule has 162 valence electrons. The van der Waals surface area contributed by atoms with Crippen LogP contribution < -0.4 is 15.5 Å². The Morgan fingerprint density at radius 3 is 2.41 bits per heavy atom. The van der Waals surface area contributed by atoms with Crippen molar-refractivity contribution in [3.05, 3.63) is 29.6 Å². The van der Waals surface area contributed by atoms with Gasteiger partial charge in [-0.1, -0.05) is 13.8 Å². The molecule has 9 heteroatoms. The third kappa shape index (κ3) is 5.83. The van der Waals surface area contributed by atoms with Crippen LogP contribution in [0.1, 0.15) is 46.1 Å². The average Bonchev–Trinajstić information content (AvgIpc) is 2.60. The highest BCUT2D eigenvalue weighted by Crippen LogP contribution is 2.33. The van der Waals surface area contributed by atoms with Crippen LogP contribution in [0, 0.1) is 11.7 Å². The molecule has 0 bridgehead atoms. The fourth-order valence-electron chi connectivity index (χ4n) is 3.14. The van der Waals surface area contributed by atoms with E-state index in [-0.39, 0.29) is 23.8 Å². The maximum atomic E-state index is 13.9. The van der Waals surface area contributed by atoms with Gasteiger partial charge in [-0.3, -0.25) is 9.59 Å². The zero-order valence-corrected chi connectivity index (χ0v) is 17.0. The Labute approximate surface area is 167 Å². The number of rotatable bonds is 5. The summed E-state index contributed by atoms with van der Waals surface area (Å²) in [7, 11) is 0. The summed E-state index contributed by atoms with van der Waals surface area (Å²) in [5.74, 6) is -2.17. The van der Waals surface area contributed by atoms with Gasteiger partial charge in [0.15, 0.2) is 0 Å². The van der Waals surface area contributed by atoms with Crippen molar-refractivity contribution in [1.29, 1.82) is 0 Å². The van der Waals surface area contributed by atoms with Gasteiger partial charge in [0.1, 0.15) is 11.4 Å². The number of nitrogens with zero attached hydrogens (tertiary/aromatic N) is 1. The summed E-state index contributed by atoms with van der Waals surface area (Å²) >= 11 is 0. The third-order valence-corrected chi connectivity index (χ3v) is 4.91. The highest BCUT2D eigenvalue weighted by atomic mass is 19.4. The van der Waals surface area contributed by atoms with E-state index in [0.29, 0.717) is 31.6 Å². The number of amides is 2. The smallest absolute Gasteiger partial charge is 0.369 e. The van der Waals surface area contributed by atoms with Crippen LogP contribution in [-0.4, -0.2) is 36.5 Å². The summed E-state index contributed by atoms with van der Waals surface area (Å²) in [6.07, 6.45) is -3.38. The Bertz CT molecular complexity index is 763. The van der Waals surface area contributed by atoms with Crippen LogP contribution in [0.2, 0.25) is 0 Å². The molecule has 1 heterocycles. The Hall–Kier alpha value is -2.32. The van der Waals surface area contributed by atoms with E-state index in [0.717, 1.165) is 12.1 Å². The predicted molar refractivity (Wildman–Crippen MR) is 102 cm³/mol. The van der Waals surface area contributed by atoms with Crippen molar-refractivity contribution in [1.82, 2.24) is 10.6 Å². The largest absolute Gasteiger partial charge is 0.419 e. The lowest BCUT2D eigenvalue weighted by Crippen LogP contribution is -2.59. The molecule has 1 fully saturated rings. The van der Waals surface area contributed by atoms with Gasteiger partial charge in [0.25, 0.3) is 0 Å². The number of carbonyl (C=O) groups excluding carboxylic acids is 2. The van der Waals surface area contributed by atoms with Gasteiger partial charge in [0, 0.05) is 30.7 Å². The lowest BCUT2D eigenvalue weighted by molar-refractivity contribution is -0.140. The number of benzene rings is 1. The van der Waals surface area contributed by atoms with Crippen LogP contribution >= 0.6 is 0 Å². The molecule has 2 amide bonds. The van der Waals surface area contributed by atoms with E-state index in [1.807, 2.05) is 0 Å². The number of anilines is 1. The first-order valence-corrected chi connectivity index (χ1v) is 9.56. The predicted octanol–water partition coefficient (Wildman–Crippen LogP) is 3.48. The van der Waals surface area contributed by atoms with Crippen molar-refractivity contribution in [3.8, 4) is 0 Å². The van der Waals surface area contributed by atoms with Gasteiger partial charge in [-0.2, -0.15) is 13.2 Å². The quantitative estimate of drug-likeness (QED) is 0.722. The highest BCUT2D eigenvalue weighted by Gasteiger charge is 2.35. The van der Waals surface area contributed by atoms with Crippen LogP contribution in [-0.2, 0) is 15.8 Å². The first kappa shape index (κ1) is 23.0. The molecule has 2 rings (SSSR count). The van der Waals surface area contributed by atoms with Gasteiger partial charge in [0.05, 0.1) is 5.56 Å². The lowest BCUT2D eigenvalue weighted by atomic mass is 9.99. The zero-order valence-electron chi connectivity index (χ0n) is 17.0. The normalized spacial score (nSPS) is 18.0. The van der Waals surface area contributed by atoms with E-state index >= 15 is 0 Å². The van der Waals surface area contributed by atoms with Crippen molar-refractivity contribution < 1.29 is 27.2 Å². The molecule has 1 aliphatic heterocycles. The molecule has 5 nitrogen and oxygen atoms in total. The van der Waals surface area contributed by atoms with E-state index in [1.165, 1.54) is 6.07 Å². The van der Waals surface area contributed by atoms with Crippen LogP contribution in [0.15, 0.2) is 18.2 Å². The summed E-state index contributed by atoms with van der Waals surface area (Å²) in [4.78, 5) is 26.3. The van der Waals surface area contributed by atoms with Gasteiger partial charge in [0.2, 0.25) is 11.8 Å². The molecule has 1 saturated heterocycles. The molecule has 0 unspecified atom stereocenters. The van der Waals surface area contributed by atoms with E-state index in [4.69, 9.17) is 0 Å². The molecule has 1 aromatic rings. The number of carbonyl (C=O) groups is 2. The fraction of sp³-hybridized carbons (Fsp3) is 0.600. The number of hydrogen-bond acceptors (Lipinski definition) is 3. The number of hydrogen-bond donors (Lipinski definition) is 2. The summed E-state index contributed by atoms with van der Waals surface area (Å²) in [5.41, 5.74) is -2.07. The molecular weight excluding hydrogens is 390 g/mol. The van der Waals surface area contributed by atoms with E-state index in [1.54, 1.807) is 32.6 Å². The standard InChI is InChI=1S/C20H27F4N3O2/c1-12(2)17(28)26-19(3,4)18(29)25-13-6-5-9-27(11-13)14-7-8-15(16(21)10-14)20(22,23)24/h7-8,10,12-13H,5-6,9,11H2,1-4H3,(H,25,29)(H,26,28)/t13-/m1/s1. The molecule has 1 aromatic carbocycles. The van der Waals surface area contributed by atoms with Crippen molar-refractivity contribution in [3.63, 3.8) is 0 Å². The van der Waals surface area contributed by atoms with Gasteiger partial charge >= 0.3 is 6.18 Å². The zero-order chi connectivity index (χ0) is 22.0. The Morgan fingerprint density at radius 1 is 1.21 bits per heavy atom. The molecule has 0 aliphatic carbocycles. The Morgan fingerprint density at radius 2 is 1.86 bits per heavy atom. The SMILES string of the molecule is CC(C)C(=O)NC(C)(C)C(=O)N[C@@H]1CCCN(c2ccc(C(F)(F)F)c(F)c2)C1. The third-order valence-electron chi connectivity index (χ3n) is 4.91. The molecule has 2 N–H and O–H groups in total. The topological polar surface area (TPSA) is 61.4 Å². The maximum Gasteiger partial charge on any atom is 0.419 e. The number of piperidine rings is 1. The van der Waals surface area contributed by atoms with E-state index < -0.39 is 23.1 Å². The molecule has 0 aromatic heterocycles. The second-order valence-electron chi connectivity index (χ2n) is 8.19. The summed E-state index contributed by atoms with van der Waals surface area (Å²) in [6, 6.07) is 2.58. The van der Waals surface area contributed by atoms with Crippen molar-refractivity contribution >= 4 is 17.5 Å². The summed E-state index contributed by atoms with van der Waals surface area (Å²) in [5, 5.41) is 5.58. The molecule has 1 atom stereocenters. The molecule has 0 radical (unpaired) electrons. The summed E-state index contributed by atoms with van der Waals surface area (Å²) in [6.45, 7) is 7.55. The van der Waals surface area contributed by atoms with E-state index in [2.05, 4.69) is 10.6 Å². The number of nitrogens with one attached hydrogen (secondary N) is 2. The van der Waals surface area contributed by atoms with Gasteiger partial charge in [-0.05, 0) is 44.9 Å². The van der Waals surface area contributed by atoms with Crippen molar-refractivity contribution in [2.24, 2.45) is 5.92 Å². The second-order valence-corrected chi connectivity index (χ2v) is 8.19. The summed E-state index contributed by atoms with van der Waals surface area (Å²) < 4.78 is 52.1. The molecular formula is C20H27F4N3O2. The van der Waals surface area contributed by atoms with Crippen LogP contribution in [0.25, 0.3) is 0 Å². The van der Waals surface area contributed by atoms with Crippen LogP contribution in [0.5, 0.6) is 0 Å². The number of halogens is 4. The first-order valence-electron chi connectivity index (χ1n) is 9.56. The molecule has 1 aliphatic rings. The molecule has 0 saturated carbocycles. The van der Waals surface area contributed by atoms with Gasteiger partial charge in [-0.15, -0.1) is 0 Å². The second kappa shape index (κ2) is 8.59.